The summed E-state index contributed by atoms with van der Waals surface area (Å²) in [6.45, 7) is 6.32. The van der Waals surface area contributed by atoms with E-state index in [0.29, 0.717) is 40.7 Å². The second-order valence-electron chi connectivity index (χ2n) is 10.7. The van der Waals surface area contributed by atoms with E-state index in [2.05, 4.69) is 15.6 Å². The Morgan fingerprint density at radius 1 is 1.17 bits per heavy atom. The number of nitrogens with one attached hydrogen (secondary N) is 3. The van der Waals surface area contributed by atoms with Gasteiger partial charge >= 0.3 is 17.1 Å². The molecule has 3 rings (SSSR count). The number of phenols is 1. The number of hydrogen-bond donors (Lipinski definition) is 5. The van der Waals surface area contributed by atoms with Crippen molar-refractivity contribution in [1.82, 2.24) is 15.6 Å². The molecule has 1 aromatic heterocycles. The van der Waals surface area contributed by atoms with Crippen molar-refractivity contribution in [3.63, 3.8) is 0 Å². The molecular formula is C28H36F3N3O5S2. The number of rotatable bonds is 13. The Morgan fingerprint density at radius 3 is 2.63 bits per heavy atom. The molecule has 0 aliphatic heterocycles. The van der Waals surface area contributed by atoms with Gasteiger partial charge in [-0.15, -0.1) is 0 Å². The smallest absolute Gasteiger partial charge is 0.416 e. The zero-order valence-electron chi connectivity index (χ0n) is 23.1. The summed E-state index contributed by atoms with van der Waals surface area (Å²) >= 11 is 2.60. The van der Waals surface area contributed by atoms with Crippen molar-refractivity contribution in [2.24, 2.45) is 0 Å². The number of aliphatic hydroxyl groups excluding tert-OH is 1. The third kappa shape index (κ3) is 10.6. The van der Waals surface area contributed by atoms with E-state index >= 15 is 0 Å². The van der Waals surface area contributed by atoms with Gasteiger partial charge in [-0.05, 0) is 57.1 Å². The fourth-order valence-corrected chi connectivity index (χ4v) is 5.92. The Morgan fingerprint density at radius 2 is 1.93 bits per heavy atom. The molecule has 2 atom stereocenters. The molecule has 0 spiro atoms. The van der Waals surface area contributed by atoms with Crippen LogP contribution in [0, 0.1) is 0 Å². The van der Waals surface area contributed by atoms with E-state index in [0.717, 1.165) is 35.0 Å². The topological polar surface area (TPSA) is 124 Å². The summed E-state index contributed by atoms with van der Waals surface area (Å²) in [7, 11) is 0. The lowest BCUT2D eigenvalue weighted by atomic mass is 10.0. The molecule has 8 nitrogen and oxygen atoms in total. The quantitative estimate of drug-likeness (QED) is 0.159. The molecule has 0 radical (unpaired) electrons. The van der Waals surface area contributed by atoms with Gasteiger partial charge in [0.2, 0.25) is 0 Å². The first kappa shape index (κ1) is 32.8. The molecule has 0 aliphatic carbocycles. The molecule has 0 bridgehead atoms. The molecule has 13 heteroatoms. The maximum Gasteiger partial charge on any atom is 0.416 e. The molecule has 0 saturated carbocycles. The fraction of sp³-hybridized carbons (Fsp3) is 0.500. The largest absolute Gasteiger partial charge is 0.506 e. The lowest BCUT2D eigenvalue weighted by Crippen LogP contribution is -2.42. The number of carbonyl (C=O) groups is 1. The van der Waals surface area contributed by atoms with Crippen LogP contribution in [0.1, 0.15) is 56.4 Å². The van der Waals surface area contributed by atoms with Crippen LogP contribution >= 0.6 is 23.1 Å². The number of ether oxygens (including phenoxy) is 1. The minimum absolute atomic E-state index is 0.0454. The standard InChI is InChI=1S/C28H36F3N3O5S2/c1-27(2,3)34-25(37)39-19(15-17-6-4-7-18(14-17)28(29,30)31)8-5-12-40-13-11-32-16-22(36)20-9-10-21(35)23-24(20)41-26(38)33-23/h4,6-7,9-10,14,19,22,32,35-36H,5,8,11-13,15-16H2,1-3H3,(H,33,38)(H,34,37)/t19?,22-/m0/s1. The van der Waals surface area contributed by atoms with Crippen LogP contribution in [0.25, 0.3) is 10.2 Å². The molecule has 0 aliphatic rings. The van der Waals surface area contributed by atoms with Crippen LogP contribution in [0.4, 0.5) is 18.0 Å². The Labute approximate surface area is 244 Å². The van der Waals surface area contributed by atoms with Gasteiger partial charge < -0.3 is 30.6 Å². The Kier molecular flexibility index (Phi) is 11.5. The molecule has 0 saturated heterocycles. The summed E-state index contributed by atoms with van der Waals surface area (Å²) < 4.78 is 45.6. The zero-order chi connectivity index (χ0) is 30.2. The lowest BCUT2D eigenvalue weighted by molar-refractivity contribution is -0.137. The highest BCUT2D eigenvalue weighted by Gasteiger charge is 2.30. The predicted octanol–water partition coefficient (Wildman–Crippen LogP) is 5.59. The van der Waals surface area contributed by atoms with Crippen molar-refractivity contribution < 1.29 is 32.9 Å². The van der Waals surface area contributed by atoms with Crippen molar-refractivity contribution in [2.45, 2.75) is 64.0 Å². The van der Waals surface area contributed by atoms with E-state index in [1.807, 2.05) is 20.8 Å². The van der Waals surface area contributed by atoms with Gasteiger partial charge in [0.15, 0.2) is 0 Å². The summed E-state index contributed by atoms with van der Waals surface area (Å²) in [6, 6.07) is 8.10. The highest BCUT2D eigenvalue weighted by atomic mass is 32.2. The number of amides is 1. The summed E-state index contributed by atoms with van der Waals surface area (Å²) in [5, 5.41) is 26.4. The number of thiazole rings is 1. The number of alkyl halides is 3. The third-order valence-electron chi connectivity index (χ3n) is 5.99. The number of benzene rings is 2. The number of aromatic amines is 1. The van der Waals surface area contributed by atoms with Crippen LogP contribution < -0.4 is 15.5 Å². The molecule has 1 unspecified atom stereocenters. The molecule has 226 valence electrons. The molecule has 1 amide bonds. The van der Waals surface area contributed by atoms with Crippen LogP contribution in [0.15, 0.2) is 41.2 Å². The number of phenolic OH excluding ortho intramolecular Hbond substituents is 1. The number of thioether (sulfide) groups is 1. The van der Waals surface area contributed by atoms with Gasteiger partial charge in [0.25, 0.3) is 0 Å². The SMILES string of the molecule is CC(C)(C)NC(=O)OC(CCCSCCNC[C@H](O)c1ccc(O)c2[nH]c(=O)sc12)Cc1cccc(C(F)(F)F)c1. The number of aromatic hydroxyl groups is 1. The Balaban J connectivity index is 1.44. The summed E-state index contributed by atoms with van der Waals surface area (Å²) in [5.74, 6) is 1.46. The van der Waals surface area contributed by atoms with Crippen LogP contribution in [0.2, 0.25) is 0 Å². The molecular weight excluding hydrogens is 579 g/mol. The van der Waals surface area contributed by atoms with Gasteiger partial charge in [-0.2, -0.15) is 24.9 Å². The van der Waals surface area contributed by atoms with Crippen molar-refractivity contribution >= 4 is 39.4 Å². The minimum atomic E-state index is -4.45. The second-order valence-corrected chi connectivity index (χ2v) is 12.9. The van der Waals surface area contributed by atoms with Crippen molar-refractivity contribution in [2.75, 3.05) is 24.6 Å². The maximum atomic E-state index is 13.1. The number of hydrogen-bond acceptors (Lipinski definition) is 8. The number of halogens is 3. The highest BCUT2D eigenvalue weighted by Crippen LogP contribution is 2.32. The number of carbonyl (C=O) groups excluding carboxylic acids is 1. The molecule has 0 fully saturated rings. The maximum absolute atomic E-state index is 13.1. The number of aliphatic hydroxyl groups is 1. The monoisotopic (exact) mass is 615 g/mol. The average Bonchev–Trinajstić information content (AvgIpc) is 3.26. The molecule has 41 heavy (non-hydrogen) atoms. The second kappa shape index (κ2) is 14.4. The van der Waals surface area contributed by atoms with Crippen molar-refractivity contribution in [1.29, 1.82) is 0 Å². The van der Waals surface area contributed by atoms with Crippen molar-refractivity contribution in [3.05, 3.63) is 62.8 Å². The van der Waals surface area contributed by atoms with Gasteiger partial charge in [-0.1, -0.05) is 35.6 Å². The number of H-pyrrole nitrogens is 1. The van der Waals surface area contributed by atoms with Gasteiger partial charge in [0, 0.05) is 36.4 Å². The van der Waals surface area contributed by atoms with Crippen LogP contribution in [-0.2, 0) is 17.3 Å². The Bertz CT molecular complexity index is 1350. The van der Waals surface area contributed by atoms with Crippen LogP contribution in [-0.4, -0.2) is 57.5 Å². The predicted molar refractivity (Wildman–Crippen MR) is 157 cm³/mol. The van der Waals surface area contributed by atoms with Gasteiger partial charge in [0.05, 0.1) is 16.4 Å². The minimum Gasteiger partial charge on any atom is -0.506 e. The zero-order valence-corrected chi connectivity index (χ0v) is 24.8. The molecule has 3 aromatic rings. The normalized spacial score (nSPS) is 13.7. The number of alkyl carbamates (subject to hydrolysis) is 1. The number of aromatic nitrogens is 1. The molecule has 2 aromatic carbocycles. The third-order valence-corrected chi connectivity index (χ3v) is 7.99. The van der Waals surface area contributed by atoms with Gasteiger partial charge in [-0.25, -0.2) is 4.79 Å². The molecule has 5 N–H and O–H groups in total. The van der Waals surface area contributed by atoms with Crippen molar-refractivity contribution in [3.8, 4) is 5.75 Å². The Hall–Kier alpha value is -2.74. The fourth-order valence-electron chi connectivity index (χ4n) is 4.14. The van der Waals surface area contributed by atoms with E-state index in [1.165, 1.54) is 12.1 Å². The summed E-state index contributed by atoms with van der Waals surface area (Å²) in [4.78, 5) is 26.3. The number of fused-ring (bicyclic) bond motifs is 1. The van der Waals surface area contributed by atoms with E-state index in [-0.39, 0.29) is 23.6 Å². The highest BCUT2D eigenvalue weighted by molar-refractivity contribution is 7.99. The summed E-state index contributed by atoms with van der Waals surface area (Å²) in [6.07, 6.45) is -5.14. The lowest BCUT2D eigenvalue weighted by Gasteiger charge is -2.24. The average molecular weight is 616 g/mol. The van der Waals surface area contributed by atoms with Crippen LogP contribution in [0.3, 0.4) is 0 Å². The van der Waals surface area contributed by atoms with E-state index in [4.69, 9.17) is 4.74 Å². The summed E-state index contributed by atoms with van der Waals surface area (Å²) in [5.41, 5.74) is 0.0762. The van der Waals surface area contributed by atoms with Crippen LogP contribution in [0.5, 0.6) is 5.75 Å². The van der Waals surface area contributed by atoms with Gasteiger partial charge in [0.1, 0.15) is 17.4 Å². The first-order valence-electron chi connectivity index (χ1n) is 13.2. The van der Waals surface area contributed by atoms with E-state index in [9.17, 15) is 33.0 Å². The molecule has 1 heterocycles. The first-order chi connectivity index (χ1) is 19.2. The van der Waals surface area contributed by atoms with E-state index in [1.54, 1.807) is 23.9 Å². The van der Waals surface area contributed by atoms with E-state index < -0.39 is 35.6 Å². The first-order valence-corrected chi connectivity index (χ1v) is 15.2. The van der Waals surface area contributed by atoms with Gasteiger partial charge in [-0.3, -0.25) is 4.79 Å².